The van der Waals surface area contributed by atoms with Crippen LogP contribution in [0.15, 0.2) is 24.3 Å². The van der Waals surface area contributed by atoms with E-state index in [1.54, 1.807) is 5.56 Å². The van der Waals surface area contributed by atoms with Crippen LogP contribution in [0.4, 0.5) is 0 Å². The summed E-state index contributed by atoms with van der Waals surface area (Å²) in [6, 6.07) is 10.8. The average Bonchev–Trinajstić information content (AvgIpc) is 2.95. The summed E-state index contributed by atoms with van der Waals surface area (Å²) < 4.78 is 0. The standard InChI is InChI=1S/C18H25N/c1-12-3-2-4-14(7-12)16-10-17(11-16)19-18-9-13-5-6-15(18)8-13/h2-4,7,13,15-19H,5-6,8-11H2,1H3. The molecule has 1 nitrogen and oxygen atoms in total. The van der Waals surface area contributed by atoms with Crippen molar-refractivity contribution in [1.29, 1.82) is 0 Å². The van der Waals surface area contributed by atoms with Gasteiger partial charge in [0.05, 0.1) is 0 Å². The van der Waals surface area contributed by atoms with Crippen molar-refractivity contribution in [2.24, 2.45) is 11.8 Å². The third kappa shape index (κ3) is 2.23. The predicted molar refractivity (Wildman–Crippen MR) is 79.3 cm³/mol. The fourth-order valence-corrected chi connectivity index (χ4v) is 4.70. The van der Waals surface area contributed by atoms with Crippen molar-refractivity contribution in [3.63, 3.8) is 0 Å². The average molecular weight is 255 g/mol. The molecule has 3 atom stereocenters. The van der Waals surface area contributed by atoms with Gasteiger partial charge in [-0.15, -0.1) is 0 Å². The van der Waals surface area contributed by atoms with Gasteiger partial charge in [0.15, 0.2) is 0 Å². The molecule has 0 aliphatic heterocycles. The number of hydrogen-bond acceptors (Lipinski definition) is 1. The number of benzene rings is 1. The van der Waals surface area contributed by atoms with Gasteiger partial charge in [-0.25, -0.2) is 0 Å². The van der Waals surface area contributed by atoms with Crippen LogP contribution in [0, 0.1) is 18.8 Å². The zero-order valence-corrected chi connectivity index (χ0v) is 11.9. The minimum Gasteiger partial charge on any atom is -0.311 e. The van der Waals surface area contributed by atoms with Crippen molar-refractivity contribution in [2.75, 3.05) is 0 Å². The van der Waals surface area contributed by atoms with E-state index in [1.807, 2.05) is 0 Å². The first-order valence-corrected chi connectivity index (χ1v) is 8.10. The molecule has 0 amide bonds. The Labute approximate surface area is 116 Å². The van der Waals surface area contributed by atoms with E-state index in [0.717, 1.165) is 29.8 Å². The van der Waals surface area contributed by atoms with Crippen molar-refractivity contribution < 1.29 is 0 Å². The number of rotatable bonds is 3. The number of hydrogen-bond donors (Lipinski definition) is 1. The molecular formula is C18H25N. The van der Waals surface area contributed by atoms with Crippen molar-refractivity contribution in [1.82, 2.24) is 5.32 Å². The van der Waals surface area contributed by atoms with Crippen LogP contribution >= 0.6 is 0 Å². The van der Waals surface area contributed by atoms with Gasteiger partial charge in [0.1, 0.15) is 0 Å². The summed E-state index contributed by atoms with van der Waals surface area (Å²) in [7, 11) is 0. The Hall–Kier alpha value is -0.820. The molecule has 0 spiro atoms. The molecule has 1 aromatic carbocycles. The van der Waals surface area contributed by atoms with E-state index < -0.39 is 0 Å². The molecule has 0 radical (unpaired) electrons. The number of nitrogens with one attached hydrogen (secondary N) is 1. The molecule has 19 heavy (non-hydrogen) atoms. The first kappa shape index (κ1) is 12.0. The molecule has 3 unspecified atom stereocenters. The lowest BCUT2D eigenvalue weighted by molar-refractivity contribution is 0.229. The molecule has 1 aromatic rings. The van der Waals surface area contributed by atoms with Crippen LogP contribution in [-0.2, 0) is 0 Å². The van der Waals surface area contributed by atoms with Gasteiger partial charge in [0, 0.05) is 12.1 Å². The Kier molecular flexibility index (Phi) is 2.91. The van der Waals surface area contributed by atoms with Gasteiger partial charge in [0.25, 0.3) is 0 Å². The van der Waals surface area contributed by atoms with E-state index in [2.05, 4.69) is 36.5 Å². The van der Waals surface area contributed by atoms with Gasteiger partial charge < -0.3 is 5.32 Å². The molecule has 3 saturated carbocycles. The molecule has 0 aromatic heterocycles. The quantitative estimate of drug-likeness (QED) is 0.860. The Morgan fingerprint density at radius 2 is 1.95 bits per heavy atom. The zero-order valence-electron chi connectivity index (χ0n) is 11.9. The first-order chi connectivity index (χ1) is 9.28. The molecule has 3 fully saturated rings. The van der Waals surface area contributed by atoms with Crippen LogP contribution < -0.4 is 5.32 Å². The maximum Gasteiger partial charge on any atom is 0.0101 e. The second-order valence-corrected chi connectivity index (χ2v) is 7.23. The lowest BCUT2D eigenvalue weighted by atomic mass is 9.75. The Morgan fingerprint density at radius 1 is 1.05 bits per heavy atom. The van der Waals surface area contributed by atoms with Crippen LogP contribution in [0.25, 0.3) is 0 Å². The van der Waals surface area contributed by atoms with E-state index in [1.165, 1.54) is 44.1 Å². The molecule has 102 valence electrons. The van der Waals surface area contributed by atoms with Crippen LogP contribution in [0.1, 0.15) is 55.6 Å². The third-order valence-corrected chi connectivity index (χ3v) is 5.84. The smallest absolute Gasteiger partial charge is 0.0101 e. The summed E-state index contributed by atoms with van der Waals surface area (Å²) in [5, 5.41) is 3.96. The van der Waals surface area contributed by atoms with Gasteiger partial charge in [0.2, 0.25) is 0 Å². The SMILES string of the molecule is Cc1cccc(C2CC(NC3CC4CCC3C4)C2)c1. The lowest BCUT2D eigenvalue weighted by Crippen LogP contribution is -2.47. The van der Waals surface area contributed by atoms with E-state index in [-0.39, 0.29) is 0 Å². The van der Waals surface area contributed by atoms with Gasteiger partial charge in [-0.2, -0.15) is 0 Å². The minimum atomic E-state index is 0.801. The molecule has 1 heteroatoms. The van der Waals surface area contributed by atoms with Crippen LogP contribution in [0.2, 0.25) is 0 Å². The Balaban J connectivity index is 1.31. The van der Waals surface area contributed by atoms with Gasteiger partial charge in [-0.1, -0.05) is 36.2 Å². The molecule has 3 aliphatic rings. The van der Waals surface area contributed by atoms with E-state index >= 15 is 0 Å². The predicted octanol–water partition coefficient (Wildman–Crippen LogP) is 4.02. The molecule has 3 aliphatic carbocycles. The van der Waals surface area contributed by atoms with E-state index in [9.17, 15) is 0 Å². The monoisotopic (exact) mass is 255 g/mol. The second kappa shape index (κ2) is 4.63. The summed E-state index contributed by atoms with van der Waals surface area (Å²) in [6.07, 6.45) is 8.71. The normalized spacial score (nSPS) is 40.4. The molecule has 0 heterocycles. The van der Waals surface area contributed by atoms with E-state index in [0.29, 0.717) is 0 Å². The highest BCUT2D eigenvalue weighted by molar-refractivity contribution is 5.27. The van der Waals surface area contributed by atoms with Crippen LogP contribution in [-0.4, -0.2) is 12.1 Å². The highest BCUT2D eigenvalue weighted by Gasteiger charge is 2.41. The third-order valence-electron chi connectivity index (χ3n) is 5.84. The van der Waals surface area contributed by atoms with Crippen LogP contribution in [0.3, 0.4) is 0 Å². The lowest BCUT2D eigenvalue weighted by Gasteiger charge is -2.40. The van der Waals surface area contributed by atoms with Crippen molar-refractivity contribution in [3.8, 4) is 0 Å². The minimum absolute atomic E-state index is 0.801. The first-order valence-electron chi connectivity index (χ1n) is 8.10. The fraction of sp³-hybridized carbons (Fsp3) is 0.667. The Bertz CT molecular complexity index is 461. The van der Waals surface area contributed by atoms with Gasteiger partial charge >= 0.3 is 0 Å². The maximum absolute atomic E-state index is 3.96. The molecular weight excluding hydrogens is 230 g/mol. The molecule has 2 bridgehead atoms. The highest BCUT2D eigenvalue weighted by atomic mass is 15.0. The molecule has 1 N–H and O–H groups in total. The second-order valence-electron chi connectivity index (χ2n) is 7.23. The molecule has 0 saturated heterocycles. The summed E-state index contributed by atoms with van der Waals surface area (Å²) in [6.45, 7) is 2.20. The maximum atomic E-state index is 3.96. The largest absolute Gasteiger partial charge is 0.311 e. The molecule has 4 rings (SSSR count). The summed E-state index contributed by atoms with van der Waals surface area (Å²) in [4.78, 5) is 0. The summed E-state index contributed by atoms with van der Waals surface area (Å²) >= 11 is 0. The van der Waals surface area contributed by atoms with Gasteiger partial charge in [-0.3, -0.25) is 0 Å². The summed E-state index contributed by atoms with van der Waals surface area (Å²) in [5.74, 6) is 2.90. The topological polar surface area (TPSA) is 12.0 Å². The Morgan fingerprint density at radius 3 is 2.63 bits per heavy atom. The highest BCUT2D eigenvalue weighted by Crippen LogP contribution is 2.46. The fourth-order valence-electron chi connectivity index (χ4n) is 4.70. The number of fused-ring (bicyclic) bond motifs is 2. The van der Waals surface area contributed by atoms with Crippen molar-refractivity contribution in [3.05, 3.63) is 35.4 Å². The van der Waals surface area contributed by atoms with Crippen molar-refractivity contribution in [2.45, 2.75) is 63.5 Å². The summed E-state index contributed by atoms with van der Waals surface area (Å²) in [5.41, 5.74) is 2.97. The zero-order chi connectivity index (χ0) is 12.8. The van der Waals surface area contributed by atoms with Crippen LogP contribution in [0.5, 0.6) is 0 Å². The van der Waals surface area contributed by atoms with Crippen molar-refractivity contribution >= 4 is 0 Å². The van der Waals surface area contributed by atoms with Gasteiger partial charge in [-0.05, 0) is 62.3 Å². The number of aryl methyl sites for hydroxylation is 1. The van der Waals surface area contributed by atoms with E-state index in [4.69, 9.17) is 0 Å².